The Balaban J connectivity index is 1.52. The highest BCUT2D eigenvalue weighted by Gasteiger charge is 2.38. The van der Waals surface area contributed by atoms with E-state index in [1.54, 1.807) is 0 Å². The highest BCUT2D eigenvalue weighted by atomic mass is 35.5. The van der Waals surface area contributed by atoms with Crippen LogP contribution >= 0.6 is 46.4 Å². The molecule has 6 radical (unpaired) electrons. The lowest BCUT2D eigenvalue weighted by Gasteiger charge is -2.27. The first kappa shape index (κ1) is 27.7. The minimum absolute atomic E-state index is 0.126. The van der Waals surface area contributed by atoms with Gasteiger partial charge in [0, 0.05) is 20.1 Å². The molecule has 4 aromatic rings. The molecular weight excluding hydrogens is 574 g/mol. The molecule has 6 rings (SSSR count). The second-order valence-corrected chi connectivity index (χ2v) is 11.6. The van der Waals surface area contributed by atoms with Gasteiger partial charge in [0.05, 0.1) is 0 Å². The van der Waals surface area contributed by atoms with Gasteiger partial charge in [0.15, 0.2) is 0 Å². The maximum Gasteiger partial charge on any atom is 0.0406 e. The van der Waals surface area contributed by atoms with Crippen molar-refractivity contribution in [3.63, 3.8) is 0 Å². The molecule has 0 N–H and O–H groups in total. The van der Waals surface area contributed by atoms with Gasteiger partial charge in [0.2, 0.25) is 0 Å². The quantitative estimate of drug-likeness (QED) is 0.214. The van der Waals surface area contributed by atoms with E-state index >= 15 is 0 Å². The van der Waals surface area contributed by atoms with Gasteiger partial charge < -0.3 is 0 Å². The second-order valence-electron chi connectivity index (χ2n) is 9.84. The van der Waals surface area contributed by atoms with E-state index in [-0.39, 0.29) is 11.8 Å². The summed E-state index contributed by atoms with van der Waals surface area (Å²) in [5, 5.41) is 2.85. The topological polar surface area (TPSA) is 0 Å². The Labute approximate surface area is 257 Å². The van der Waals surface area contributed by atoms with Gasteiger partial charge in [0.1, 0.15) is 0 Å². The Morgan fingerprint density at radius 2 is 0.625 bits per heavy atom. The number of rotatable bonds is 5. The van der Waals surface area contributed by atoms with Crippen molar-refractivity contribution >= 4 is 57.5 Å². The van der Waals surface area contributed by atoms with Crippen molar-refractivity contribution in [2.75, 3.05) is 0 Å². The Kier molecular flexibility index (Phi) is 8.42. The van der Waals surface area contributed by atoms with Crippen LogP contribution in [-0.2, 0) is 0 Å². The summed E-state index contributed by atoms with van der Waals surface area (Å²) < 4.78 is 0. The van der Waals surface area contributed by atoms with Crippen molar-refractivity contribution in [1.82, 2.24) is 0 Å². The Morgan fingerprint density at radius 3 is 0.875 bits per heavy atom. The molecule has 0 saturated heterocycles. The third kappa shape index (κ3) is 5.79. The zero-order valence-corrected chi connectivity index (χ0v) is 24.4. The second kappa shape index (κ2) is 12.2. The molecule has 0 amide bonds. The highest BCUT2D eigenvalue weighted by molar-refractivity contribution is 6.31. The van der Waals surface area contributed by atoms with Crippen LogP contribution in [0, 0.1) is 50.4 Å². The molecule has 0 aliphatic heterocycles. The lowest BCUT2D eigenvalue weighted by Crippen LogP contribution is -2.16. The van der Waals surface area contributed by atoms with Crippen molar-refractivity contribution in [2.45, 2.75) is 0 Å². The van der Waals surface area contributed by atoms with Gasteiger partial charge in [-0.1, -0.05) is 106 Å². The van der Waals surface area contributed by atoms with Gasteiger partial charge >= 0.3 is 0 Å². The molecule has 0 bridgehead atoms. The van der Waals surface area contributed by atoms with Gasteiger partial charge in [-0.05, 0) is 132 Å². The Morgan fingerprint density at radius 1 is 0.375 bits per heavy atom. The normalized spacial score (nSPS) is 18.8. The van der Waals surface area contributed by atoms with Crippen LogP contribution in [0.5, 0.6) is 0 Å². The van der Waals surface area contributed by atoms with Gasteiger partial charge in [-0.25, -0.2) is 0 Å². The van der Waals surface area contributed by atoms with Crippen molar-refractivity contribution < 1.29 is 0 Å². The minimum Gasteiger partial charge on any atom is -0.0843 e. The van der Waals surface area contributed by atoms with Gasteiger partial charge in [-0.3, -0.25) is 0 Å². The predicted molar refractivity (Wildman–Crippen MR) is 171 cm³/mol. The molecule has 2 aliphatic rings. The van der Waals surface area contributed by atoms with Crippen LogP contribution in [0.25, 0.3) is 11.1 Å². The van der Waals surface area contributed by atoms with Gasteiger partial charge in [-0.2, -0.15) is 0 Å². The fraction of sp³-hybridized carbons (Fsp3) is 0.0556. The van der Waals surface area contributed by atoms with Gasteiger partial charge in [-0.15, -0.1) is 0 Å². The molecule has 2 saturated carbocycles. The number of halogens is 4. The zero-order chi connectivity index (χ0) is 27.6. The summed E-state index contributed by atoms with van der Waals surface area (Å²) in [6.07, 6.45) is 13.4. The maximum absolute atomic E-state index is 6.28. The van der Waals surface area contributed by atoms with Crippen LogP contribution in [0.3, 0.4) is 0 Å². The number of allylic oxidation sites excluding steroid dienone is 2. The largest absolute Gasteiger partial charge is 0.0843 e. The minimum atomic E-state index is 0.126. The monoisotopic (exact) mass is 596 g/mol. The summed E-state index contributed by atoms with van der Waals surface area (Å²) in [6.45, 7) is 0. The zero-order valence-electron chi connectivity index (χ0n) is 21.4. The van der Waals surface area contributed by atoms with E-state index in [2.05, 4.69) is 87.1 Å². The molecule has 0 nitrogen and oxygen atoms in total. The van der Waals surface area contributed by atoms with Crippen molar-refractivity contribution in [2.24, 2.45) is 11.8 Å². The average molecular weight is 598 g/mol. The molecule has 4 heteroatoms. The lowest BCUT2D eigenvalue weighted by molar-refractivity contribution is 0.605. The Hall–Kier alpha value is -2.48. The predicted octanol–water partition coefficient (Wildman–Crippen LogP) is 11.1. The third-order valence-electron chi connectivity index (χ3n) is 7.40. The van der Waals surface area contributed by atoms with E-state index < -0.39 is 0 Å². The van der Waals surface area contributed by atoms with Crippen molar-refractivity contribution in [3.05, 3.63) is 189 Å². The van der Waals surface area contributed by atoms with Crippen LogP contribution in [0.15, 0.2) is 108 Å². The highest BCUT2D eigenvalue weighted by Crippen LogP contribution is 2.50. The number of hydrogen-bond acceptors (Lipinski definition) is 0. The van der Waals surface area contributed by atoms with E-state index in [1.807, 2.05) is 48.5 Å². The molecule has 2 aliphatic carbocycles. The molecule has 196 valence electrons. The summed E-state index contributed by atoms with van der Waals surface area (Å²) in [5.74, 6) is 0.252. The van der Waals surface area contributed by atoms with E-state index in [1.165, 1.54) is 22.3 Å². The lowest BCUT2D eigenvalue weighted by atomic mass is 9.77. The van der Waals surface area contributed by atoms with Crippen LogP contribution in [0.4, 0.5) is 0 Å². The molecule has 2 unspecified atom stereocenters. The molecule has 0 aromatic heterocycles. The summed E-state index contributed by atoms with van der Waals surface area (Å²) in [7, 11) is 0. The van der Waals surface area contributed by atoms with Crippen molar-refractivity contribution in [1.29, 1.82) is 0 Å². The first-order valence-corrected chi connectivity index (χ1v) is 14.5. The summed E-state index contributed by atoms with van der Waals surface area (Å²) in [5.41, 5.74) is 9.28. The molecule has 2 atom stereocenters. The van der Waals surface area contributed by atoms with Gasteiger partial charge in [0.25, 0.3) is 0 Å². The van der Waals surface area contributed by atoms with Crippen LogP contribution in [-0.4, -0.2) is 0 Å². The SMILES string of the molecule is Clc1ccc(C(=C2[CH][CH][CH]C2C2[CH][CH][CH]C2=C(c2ccc(Cl)cc2)c2ccc(Cl)cc2)c2ccc(Cl)cc2)cc1. The molecule has 0 heterocycles. The summed E-state index contributed by atoms with van der Waals surface area (Å²) in [4.78, 5) is 0. The third-order valence-corrected chi connectivity index (χ3v) is 8.41. The first-order valence-electron chi connectivity index (χ1n) is 13.0. The smallest absolute Gasteiger partial charge is 0.0406 e. The first-order chi connectivity index (χ1) is 19.5. The van der Waals surface area contributed by atoms with Crippen LogP contribution < -0.4 is 0 Å². The maximum atomic E-state index is 6.28. The number of hydrogen-bond donors (Lipinski definition) is 0. The van der Waals surface area contributed by atoms with E-state index in [0.717, 1.165) is 22.3 Å². The molecule has 40 heavy (non-hydrogen) atoms. The van der Waals surface area contributed by atoms with Crippen LogP contribution in [0.1, 0.15) is 22.3 Å². The molecule has 2 fully saturated rings. The standard InChI is InChI=1S/C36H24Cl4/c37-27-15-7-23(8-16-27)35(24-9-17-28(38)18-10-24)33-5-1-3-31(33)32-4-2-6-34(32)36(25-11-19-29(39)20-12-25)26-13-21-30(40)22-14-26/h1-22,31-32H. The molecular formula is C36H24Cl4. The molecule has 0 spiro atoms. The number of benzene rings is 4. The molecule has 4 aromatic carbocycles. The van der Waals surface area contributed by atoms with E-state index in [9.17, 15) is 0 Å². The van der Waals surface area contributed by atoms with Crippen LogP contribution in [0.2, 0.25) is 20.1 Å². The summed E-state index contributed by atoms with van der Waals surface area (Å²) in [6, 6.07) is 32.2. The Bertz CT molecular complexity index is 1330. The average Bonchev–Trinajstić information content (AvgIpc) is 3.63. The van der Waals surface area contributed by atoms with E-state index in [4.69, 9.17) is 46.4 Å². The fourth-order valence-electron chi connectivity index (χ4n) is 5.58. The summed E-state index contributed by atoms with van der Waals surface area (Å²) >= 11 is 25.1. The van der Waals surface area contributed by atoms with Crippen molar-refractivity contribution in [3.8, 4) is 0 Å². The fourth-order valence-corrected chi connectivity index (χ4v) is 6.08. The van der Waals surface area contributed by atoms with E-state index in [0.29, 0.717) is 20.1 Å².